The highest BCUT2D eigenvalue weighted by molar-refractivity contribution is 6.34. The average Bonchev–Trinajstić information content (AvgIpc) is 3.07. The highest BCUT2D eigenvalue weighted by Crippen LogP contribution is 2.44. The van der Waals surface area contributed by atoms with Crippen molar-refractivity contribution in [3.05, 3.63) is 69.7 Å². The van der Waals surface area contributed by atoms with E-state index in [0.29, 0.717) is 34.0 Å². The van der Waals surface area contributed by atoms with Gasteiger partial charge in [0.05, 0.1) is 12.1 Å². The maximum absolute atomic E-state index is 6.17. The van der Waals surface area contributed by atoms with Gasteiger partial charge >= 0.3 is 0 Å². The van der Waals surface area contributed by atoms with E-state index in [4.69, 9.17) is 28.2 Å². The lowest BCUT2D eigenvalue weighted by atomic mass is 9.89. The topological polar surface area (TPSA) is 24.4 Å². The first kappa shape index (κ1) is 15.0. The van der Waals surface area contributed by atoms with Crippen LogP contribution in [0.15, 0.2) is 53.5 Å². The molecule has 1 aliphatic heterocycles. The van der Waals surface area contributed by atoms with Crippen LogP contribution in [0.2, 0.25) is 10.0 Å². The molecule has 2 aromatic rings. The molecule has 4 rings (SSSR count). The number of hydrogen-bond acceptors (Lipinski definition) is 2. The van der Waals surface area contributed by atoms with Gasteiger partial charge in [0, 0.05) is 15.6 Å². The van der Waals surface area contributed by atoms with Crippen LogP contribution >= 0.6 is 23.2 Å². The van der Waals surface area contributed by atoms with Crippen LogP contribution in [0.4, 0.5) is 0 Å². The zero-order valence-electron chi connectivity index (χ0n) is 12.8. The first-order chi connectivity index (χ1) is 11.1. The smallest absolute Gasteiger partial charge is 0.128 e. The predicted molar refractivity (Wildman–Crippen MR) is 96.7 cm³/mol. The summed E-state index contributed by atoms with van der Waals surface area (Å²) in [6, 6.07) is 16.9. The molecular formula is C19H18Cl2N2. The van der Waals surface area contributed by atoms with Crippen molar-refractivity contribution in [2.75, 3.05) is 0 Å². The third-order valence-corrected chi connectivity index (χ3v) is 5.49. The number of benzene rings is 2. The summed E-state index contributed by atoms with van der Waals surface area (Å²) in [5.74, 6) is 1.92. The molecule has 2 aliphatic rings. The zero-order valence-corrected chi connectivity index (χ0v) is 14.4. The molecule has 0 saturated heterocycles. The largest absolute Gasteiger partial charge is 0.365 e. The molecule has 1 heterocycles. The molecule has 0 aromatic heterocycles. The SMILES string of the molecule is C[C@@H]1C2N=C(c3ccccc3)NC2C[C@@H]1c1cc(Cl)cc(Cl)c1. The number of amidine groups is 1. The van der Waals surface area contributed by atoms with Crippen LogP contribution in [0.5, 0.6) is 0 Å². The third-order valence-electron chi connectivity index (χ3n) is 5.05. The van der Waals surface area contributed by atoms with Crippen LogP contribution in [0.25, 0.3) is 0 Å². The van der Waals surface area contributed by atoms with E-state index in [9.17, 15) is 0 Å². The molecule has 2 unspecified atom stereocenters. The van der Waals surface area contributed by atoms with Gasteiger partial charge in [-0.3, -0.25) is 4.99 Å². The maximum Gasteiger partial charge on any atom is 0.128 e. The molecule has 0 radical (unpaired) electrons. The van der Waals surface area contributed by atoms with E-state index in [1.807, 2.05) is 30.3 Å². The maximum atomic E-state index is 6.17. The van der Waals surface area contributed by atoms with Crippen LogP contribution in [0.1, 0.15) is 30.4 Å². The summed E-state index contributed by atoms with van der Waals surface area (Å²) in [6.45, 7) is 2.28. The zero-order chi connectivity index (χ0) is 16.0. The molecule has 1 fully saturated rings. The van der Waals surface area contributed by atoms with E-state index >= 15 is 0 Å². The summed E-state index contributed by atoms with van der Waals surface area (Å²) < 4.78 is 0. The van der Waals surface area contributed by atoms with Crippen LogP contribution in [-0.2, 0) is 0 Å². The first-order valence-electron chi connectivity index (χ1n) is 7.97. The molecule has 4 atom stereocenters. The Morgan fingerprint density at radius 2 is 1.74 bits per heavy atom. The van der Waals surface area contributed by atoms with E-state index in [1.54, 1.807) is 6.07 Å². The fourth-order valence-corrected chi connectivity index (χ4v) is 4.47. The summed E-state index contributed by atoms with van der Waals surface area (Å²) >= 11 is 12.3. The molecule has 0 spiro atoms. The Morgan fingerprint density at radius 3 is 2.39 bits per heavy atom. The number of halogens is 2. The number of nitrogens with zero attached hydrogens (tertiary/aromatic N) is 1. The van der Waals surface area contributed by atoms with Gasteiger partial charge in [0.1, 0.15) is 5.84 Å². The Morgan fingerprint density at radius 1 is 1.04 bits per heavy atom. The second kappa shape index (κ2) is 5.85. The summed E-state index contributed by atoms with van der Waals surface area (Å²) in [6.07, 6.45) is 1.06. The van der Waals surface area contributed by atoms with E-state index in [-0.39, 0.29) is 0 Å². The predicted octanol–water partition coefficient (Wildman–Crippen LogP) is 4.90. The van der Waals surface area contributed by atoms with Gasteiger partial charge in [-0.25, -0.2) is 0 Å². The molecule has 0 amide bonds. The van der Waals surface area contributed by atoms with E-state index in [1.165, 1.54) is 5.56 Å². The Labute approximate surface area is 146 Å². The molecule has 1 aliphatic carbocycles. The quantitative estimate of drug-likeness (QED) is 0.822. The van der Waals surface area contributed by atoms with Gasteiger partial charge in [0.2, 0.25) is 0 Å². The molecule has 4 heteroatoms. The number of aliphatic imine (C=N–C) groups is 1. The number of fused-ring (bicyclic) bond motifs is 1. The van der Waals surface area contributed by atoms with Crippen LogP contribution in [0.3, 0.4) is 0 Å². The average molecular weight is 345 g/mol. The first-order valence-corrected chi connectivity index (χ1v) is 8.73. The Bertz CT molecular complexity index is 737. The lowest BCUT2D eigenvalue weighted by Crippen LogP contribution is -2.32. The molecule has 1 saturated carbocycles. The second-order valence-electron chi connectivity index (χ2n) is 6.49. The van der Waals surface area contributed by atoms with Crippen molar-refractivity contribution >= 4 is 29.0 Å². The molecule has 2 nitrogen and oxygen atoms in total. The minimum absolute atomic E-state index is 0.313. The number of rotatable bonds is 2. The number of nitrogens with one attached hydrogen (secondary N) is 1. The van der Waals surface area contributed by atoms with Gasteiger partial charge in [-0.1, -0.05) is 60.5 Å². The number of hydrogen-bond donors (Lipinski definition) is 1. The molecule has 23 heavy (non-hydrogen) atoms. The normalized spacial score (nSPS) is 29.1. The van der Waals surface area contributed by atoms with Gasteiger partial charge < -0.3 is 5.32 Å². The summed E-state index contributed by atoms with van der Waals surface area (Å²) in [5, 5.41) is 5.03. The minimum Gasteiger partial charge on any atom is -0.365 e. The van der Waals surface area contributed by atoms with Crippen molar-refractivity contribution in [1.29, 1.82) is 0 Å². The van der Waals surface area contributed by atoms with Crippen molar-refractivity contribution in [2.24, 2.45) is 10.9 Å². The highest BCUT2D eigenvalue weighted by atomic mass is 35.5. The van der Waals surface area contributed by atoms with E-state index < -0.39 is 0 Å². The molecule has 118 valence electrons. The third kappa shape index (κ3) is 2.75. The minimum atomic E-state index is 0.313. The molecular weight excluding hydrogens is 327 g/mol. The van der Waals surface area contributed by atoms with Gasteiger partial charge in [0.25, 0.3) is 0 Å². The van der Waals surface area contributed by atoms with Crippen molar-refractivity contribution < 1.29 is 0 Å². The fourth-order valence-electron chi connectivity index (χ4n) is 3.93. The standard InChI is InChI=1S/C19H18Cl2N2/c1-11-16(13-7-14(20)9-15(21)8-13)10-17-18(11)23-19(22-17)12-5-3-2-4-6-12/h2-9,11,16-18H,10H2,1H3,(H,22,23)/t11-,16-,17?,18?/m0/s1. The van der Waals surface area contributed by atoms with Crippen molar-refractivity contribution in [3.63, 3.8) is 0 Å². The lowest BCUT2D eigenvalue weighted by molar-refractivity contribution is 0.476. The van der Waals surface area contributed by atoms with E-state index in [0.717, 1.165) is 17.8 Å². The van der Waals surface area contributed by atoms with Crippen LogP contribution in [-0.4, -0.2) is 17.9 Å². The summed E-state index contributed by atoms with van der Waals surface area (Å²) in [4.78, 5) is 4.96. The van der Waals surface area contributed by atoms with Crippen LogP contribution in [0, 0.1) is 5.92 Å². The molecule has 0 bridgehead atoms. The Kier molecular flexibility index (Phi) is 3.82. The van der Waals surface area contributed by atoms with Gasteiger partial charge in [-0.05, 0) is 42.0 Å². The summed E-state index contributed by atoms with van der Waals surface area (Å²) in [5.41, 5.74) is 2.39. The molecule has 1 N–H and O–H groups in total. The lowest BCUT2D eigenvalue weighted by Gasteiger charge is -2.18. The Balaban J connectivity index is 1.60. The fraction of sp³-hybridized carbons (Fsp3) is 0.316. The van der Waals surface area contributed by atoms with Crippen LogP contribution < -0.4 is 5.32 Å². The Hall–Kier alpha value is -1.51. The van der Waals surface area contributed by atoms with Crippen molar-refractivity contribution in [2.45, 2.75) is 31.3 Å². The molecule has 2 aromatic carbocycles. The van der Waals surface area contributed by atoms with Crippen molar-refractivity contribution in [3.8, 4) is 0 Å². The van der Waals surface area contributed by atoms with Crippen molar-refractivity contribution in [1.82, 2.24) is 5.32 Å². The van der Waals surface area contributed by atoms with Gasteiger partial charge in [0.15, 0.2) is 0 Å². The van der Waals surface area contributed by atoms with Gasteiger partial charge in [-0.15, -0.1) is 0 Å². The van der Waals surface area contributed by atoms with E-state index in [2.05, 4.69) is 24.4 Å². The van der Waals surface area contributed by atoms with Gasteiger partial charge in [-0.2, -0.15) is 0 Å². The second-order valence-corrected chi connectivity index (χ2v) is 7.36. The highest BCUT2D eigenvalue weighted by Gasteiger charge is 2.44. The monoisotopic (exact) mass is 344 g/mol. The summed E-state index contributed by atoms with van der Waals surface area (Å²) in [7, 11) is 0.